The predicted octanol–water partition coefficient (Wildman–Crippen LogP) is 5.06. The Hall–Kier alpha value is -5.11. The first-order chi connectivity index (χ1) is 21.9. The summed E-state index contributed by atoms with van der Waals surface area (Å²) in [7, 11) is 1.51. The highest BCUT2D eigenvalue weighted by atomic mass is 35.5. The second-order valence-corrected chi connectivity index (χ2v) is 10.3. The first-order valence-electron chi connectivity index (χ1n) is 13.6. The van der Waals surface area contributed by atoms with E-state index in [4.69, 9.17) is 37.7 Å². The first-order valence-corrected chi connectivity index (χ1v) is 14.3. The van der Waals surface area contributed by atoms with Gasteiger partial charge < -0.3 is 19.8 Å². The summed E-state index contributed by atoms with van der Waals surface area (Å²) < 4.78 is 11.3. The van der Waals surface area contributed by atoms with Crippen LogP contribution in [0.3, 0.4) is 0 Å². The minimum atomic E-state index is -0.650. The van der Waals surface area contributed by atoms with Crippen molar-refractivity contribution in [2.75, 3.05) is 25.6 Å². The molecule has 0 spiro atoms. The fourth-order valence-electron chi connectivity index (χ4n) is 4.28. The summed E-state index contributed by atoms with van der Waals surface area (Å²) in [4.78, 5) is 37.2. The largest absolute Gasteiger partial charge is 0.447 e. The molecule has 2 amide bonds. The summed E-state index contributed by atoms with van der Waals surface area (Å²) in [6, 6.07) is 17.6. The van der Waals surface area contributed by atoms with Crippen molar-refractivity contribution < 1.29 is 19.1 Å². The molecule has 15 heteroatoms. The summed E-state index contributed by atoms with van der Waals surface area (Å²) in [5.74, 6) is 0.362. The highest BCUT2D eigenvalue weighted by molar-refractivity contribution is 6.32. The number of anilines is 1. The molecule has 2 aromatic carbocycles. The van der Waals surface area contributed by atoms with Crippen LogP contribution >= 0.6 is 23.2 Å². The SMILES string of the molecule is COCCOC(=O)Nc1ccc(-c2nc([C@H](Cc3ccccc3)NC(=O)C=Cc3cc(Cl)ccc3-n3cnnn3)[nH]c2Cl)cn1. The Morgan fingerprint density at radius 3 is 2.67 bits per heavy atom. The van der Waals surface area contributed by atoms with Crippen molar-refractivity contribution in [3.05, 3.63) is 106 Å². The second kappa shape index (κ2) is 15.1. The van der Waals surface area contributed by atoms with Gasteiger partial charge in [0.05, 0.1) is 18.3 Å². The number of hydrogen-bond donors (Lipinski definition) is 3. The molecule has 0 saturated heterocycles. The predicted molar refractivity (Wildman–Crippen MR) is 168 cm³/mol. The van der Waals surface area contributed by atoms with Crippen LogP contribution in [0.1, 0.15) is 23.0 Å². The molecule has 3 N–H and O–H groups in total. The Bertz CT molecular complexity index is 1760. The van der Waals surface area contributed by atoms with Crippen LogP contribution < -0.4 is 10.6 Å². The lowest BCUT2D eigenvalue weighted by Gasteiger charge is -2.16. The Kier molecular flexibility index (Phi) is 10.5. The van der Waals surface area contributed by atoms with Crippen molar-refractivity contribution in [1.29, 1.82) is 0 Å². The van der Waals surface area contributed by atoms with Crippen LogP contribution in [0.25, 0.3) is 23.0 Å². The van der Waals surface area contributed by atoms with Crippen molar-refractivity contribution in [3.8, 4) is 16.9 Å². The van der Waals surface area contributed by atoms with Crippen LogP contribution in [0.4, 0.5) is 10.6 Å². The normalized spacial score (nSPS) is 11.8. The number of tetrazole rings is 1. The fourth-order valence-corrected chi connectivity index (χ4v) is 4.71. The van der Waals surface area contributed by atoms with Gasteiger partial charge >= 0.3 is 6.09 Å². The molecule has 45 heavy (non-hydrogen) atoms. The standard InChI is InChI=1S/C30H27Cl2N9O4/c1-44-13-14-45-30(43)36-25-11-7-21(17-33-25)27-28(32)38-29(37-27)23(15-19-5-3-2-4-6-19)35-26(42)12-8-20-16-22(31)9-10-24(20)41-18-34-39-40-41/h2-12,16-18,23H,13-15H2,1H3,(H,35,42)(H,37,38)(H,33,36,43)/t23-/m0/s1. The number of methoxy groups -OCH3 is 1. The number of nitrogens with one attached hydrogen (secondary N) is 3. The lowest BCUT2D eigenvalue weighted by atomic mass is 10.1. The number of carbonyl (C=O) groups is 2. The molecule has 0 radical (unpaired) electrons. The van der Waals surface area contributed by atoms with Gasteiger partial charge in [-0.25, -0.2) is 14.8 Å². The third kappa shape index (κ3) is 8.50. The molecule has 5 rings (SSSR count). The van der Waals surface area contributed by atoms with E-state index >= 15 is 0 Å². The van der Waals surface area contributed by atoms with Gasteiger partial charge in [-0.3, -0.25) is 10.1 Å². The van der Waals surface area contributed by atoms with Crippen LogP contribution in [-0.2, 0) is 20.7 Å². The minimum absolute atomic E-state index is 0.116. The molecule has 1 atom stereocenters. The van der Waals surface area contributed by atoms with Crippen molar-refractivity contribution in [2.45, 2.75) is 12.5 Å². The molecule has 3 aromatic heterocycles. The Morgan fingerprint density at radius 2 is 1.93 bits per heavy atom. The van der Waals surface area contributed by atoms with E-state index in [9.17, 15) is 9.59 Å². The Morgan fingerprint density at radius 1 is 1.09 bits per heavy atom. The molecule has 0 unspecified atom stereocenters. The minimum Gasteiger partial charge on any atom is -0.447 e. The second-order valence-electron chi connectivity index (χ2n) is 9.51. The number of carbonyl (C=O) groups excluding carboxylic acids is 2. The number of benzene rings is 2. The molecule has 3 heterocycles. The summed E-state index contributed by atoms with van der Waals surface area (Å²) in [5.41, 5.74) is 3.30. The van der Waals surface area contributed by atoms with Gasteiger partial charge in [-0.2, -0.15) is 4.68 Å². The van der Waals surface area contributed by atoms with Gasteiger partial charge in [-0.05, 0) is 58.8 Å². The van der Waals surface area contributed by atoms with Gasteiger partial charge in [0.2, 0.25) is 5.91 Å². The molecule has 5 aromatic rings. The maximum absolute atomic E-state index is 13.2. The first kappa shape index (κ1) is 31.3. The Balaban J connectivity index is 1.34. The van der Waals surface area contributed by atoms with Crippen LogP contribution in [0.5, 0.6) is 0 Å². The van der Waals surface area contributed by atoms with E-state index in [1.165, 1.54) is 30.4 Å². The summed E-state index contributed by atoms with van der Waals surface area (Å²) >= 11 is 12.8. The van der Waals surface area contributed by atoms with E-state index in [1.807, 2.05) is 30.3 Å². The number of ether oxygens (including phenoxy) is 2. The number of halogens is 2. The molecular weight excluding hydrogens is 621 g/mol. The van der Waals surface area contributed by atoms with Gasteiger partial charge in [0, 0.05) is 35.5 Å². The fraction of sp³-hybridized carbons (Fsp3) is 0.167. The smallest absolute Gasteiger partial charge is 0.412 e. The Labute approximate surface area is 267 Å². The maximum atomic E-state index is 13.2. The molecular formula is C30H27Cl2N9O4. The number of pyridine rings is 1. The summed E-state index contributed by atoms with van der Waals surface area (Å²) in [6.07, 6.45) is 5.79. The maximum Gasteiger partial charge on any atom is 0.412 e. The van der Waals surface area contributed by atoms with Crippen LogP contribution in [0, 0.1) is 0 Å². The van der Waals surface area contributed by atoms with Gasteiger partial charge in [0.1, 0.15) is 35.4 Å². The van der Waals surface area contributed by atoms with Gasteiger partial charge in [-0.1, -0.05) is 53.5 Å². The van der Waals surface area contributed by atoms with Crippen LogP contribution in [0.15, 0.2) is 79.3 Å². The van der Waals surface area contributed by atoms with Crippen molar-refractivity contribution >= 4 is 47.1 Å². The monoisotopic (exact) mass is 647 g/mol. The van der Waals surface area contributed by atoms with Crippen molar-refractivity contribution in [3.63, 3.8) is 0 Å². The molecule has 0 bridgehead atoms. The van der Waals surface area contributed by atoms with Gasteiger partial charge in [-0.15, -0.1) is 5.10 Å². The zero-order valence-corrected chi connectivity index (χ0v) is 25.4. The molecule has 0 aliphatic heterocycles. The van der Waals surface area contributed by atoms with E-state index in [-0.39, 0.29) is 30.1 Å². The molecule has 13 nitrogen and oxygen atoms in total. The average Bonchev–Trinajstić information content (AvgIpc) is 3.71. The van der Waals surface area contributed by atoms with E-state index < -0.39 is 12.1 Å². The number of rotatable bonds is 12. The van der Waals surface area contributed by atoms with E-state index in [1.54, 1.807) is 36.4 Å². The molecule has 0 saturated carbocycles. The summed E-state index contributed by atoms with van der Waals surface area (Å²) in [6.45, 7) is 0.400. The quantitative estimate of drug-likeness (QED) is 0.124. The van der Waals surface area contributed by atoms with Crippen molar-refractivity contribution in [2.24, 2.45) is 0 Å². The topological polar surface area (TPSA) is 162 Å². The summed E-state index contributed by atoms with van der Waals surface area (Å²) in [5, 5.41) is 17.6. The molecule has 0 aliphatic rings. The zero-order chi connectivity index (χ0) is 31.6. The van der Waals surface area contributed by atoms with Crippen LogP contribution in [0.2, 0.25) is 10.2 Å². The number of hydrogen-bond acceptors (Lipinski definition) is 9. The van der Waals surface area contributed by atoms with E-state index in [0.717, 1.165) is 5.56 Å². The van der Waals surface area contributed by atoms with E-state index in [0.29, 0.717) is 39.8 Å². The van der Waals surface area contributed by atoms with Gasteiger partial charge in [0.15, 0.2) is 0 Å². The lowest BCUT2D eigenvalue weighted by molar-refractivity contribution is -0.117. The van der Waals surface area contributed by atoms with E-state index in [2.05, 4.69) is 36.1 Å². The number of H-pyrrole nitrogens is 1. The molecule has 0 aliphatic carbocycles. The molecule has 0 fully saturated rings. The highest BCUT2D eigenvalue weighted by Gasteiger charge is 2.21. The lowest BCUT2D eigenvalue weighted by Crippen LogP contribution is -2.29. The number of aromatic nitrogens is 7. The number of nitrogens with zero attached hydrogens (tertiary/aromatic N) is 6. The third-order valence-corrected chi connectivity index (χ3v) is 6.90. The number of amides is 2. The number of aromatic amines is 1. The zero-order valence-electron chi connectivity index (χ0n) is 23.9. The number of imidazole rings is 1. The van der Waals surface area contributed by atoms with Crippen molar-refractivity contribution in [1.82, 2.24) is 40.5 Å². The van der Waals surface area contributed by atoms with Crippen LogP contribution in [-0.4, -0.2) is 67.5 Å². The third-order valence-electron chi connectivity index (χ3n) is 6.39. The highest BCUT2D eigenvalue weighted by Crippen LogP contribution is 2.29. The average molecular weight is 649 g/mol. The van der Waals surface area contributed by atoms with Gasteiger partial charge in [0.25, 0.3) is 0 Å². The molecule has 230 valence electrons.